The van der Waals surface area contributed by atoms with Crippen molar-refractivity contribution < 1.29 is 9.50 Å². The molecule has 0 bridgehead atoms. The molecule has 0 radical (unpaired) electrons. The minimum Gasteiger partial charge on any atom is -0.388 e. The lowest BCUT2D eigenvalue weighted by atomic mass is 10.0. The highest BCUT2D eigenvalue weighted by Gasteiger charge is 2.13. The molecule has 1 heterocycles. The van der Waals surface area contributed by atoms with Crippen molar-refractivity contribution in [3.8, 4) is 0 Å². The zero-order valence-electron chi connectivity index (χ0n) is 9.90. The van der Waals surface area contributed by atoms with E-state index in [1.54, 1.807) is 24.4 Å². The average Bonchev–Trinajstić information content (AvgIpc) is 2.36. The molecule has 94 valence electrons. The Labute approximate surface area is 110 Å². The monoisotopic (exact) mass is 265 g/mol. The summed E-state index contributed by atoms with van der Waals surface area (Å²) in [6, 6.07) is 8.37. The van der Waals surface area contributed by atoms with E-state index in [2.05, 4.69) is 4.98 Å². The van der Waals surface area contributed by atoms with Gasteiger partial charge in [0.15, 0.2) is 0 Å². The third kappa shape index (κ3) is 2.86. The van der Waals surface area contributed by atoms with E-state index >= 15 is 0 Å². The molecule has 0 fully saturated rings. The van der Waals surface area contributed by atoms with Gasteiger partial charge in [-0.1, -0.05) is 29.8 Å². The predicted molar refractivity (Wildman–Crippen MR) is 69.0 cm³/mol. The first kappa shape index (κ1) is 13.0. The Kier molecular flexibility index (Phi) is 3.94. The van der Waals surface area contributed by atoms with Crippen LogP contribution in [-0.2, 0) is 6.42 Å². The van der Waals surface area contributed by atoms with Gasteiger partial charge >= 0.3 is 0 Å². The van der Waals surface area contributed by atoms with Gasteiger partial charge in [0.25, 0.3) is 0 Å². The van der Waals surface area contributed by atoms with Crippen molar-refractivity contribution in [3.05, 3.63) is 64.2 Å². The van der Waals surface area contributed by atoms with Gasteiger partial charge in [-0.3, -0.25) is 4.98 Å². The molecular weight excluding hydrogens is 253 g/mol. The Morgan fingerprint density at radius 1 is 1.33 bits per heavy atom. The van der Waals surface area contributed by atoms with Crippen LogP contribution in [0.1, 0.15) is 22.9 Å². The maximum atomic E-state index is 13.7. The second-order valence-corrected chi connectivity index (χ2v) is 4.57. The number of aryl methyl sites for hydroxylation is 1. The fraction of sp³-hybridized carbons (Fsp3) is 0.214. The molecule has 2 aromatic rings. The van der Waals surface area contributed by atoms with Gasteiger partial charge in [0.2, 0.25) is 0 Å². The molecule has 0 saturated heterocycles. The van der Waals surface area contributed by atoms with Crippen LogP contribution >= 0.6 is 11.6 Å². The third-order valence-electron chi connectivity index (χ3n) is 2.76. The molecule has 1 aromatic heterocycles. The number of rotatable bonds is 3. The smallest absolute Gasteiger partial charge is 0.145 e. The van der Waals surface area contributed by atoms with E-state index in [1.807, 2.05) is 13.0 Å². The molecule has 1 N–H and O–H groups in total. The fourth-order valence-corrected chi connectivity index (χ4v) is 1.90. The predicted octanol–water partition coefficient (Wildman–Crippen LogP) is 3.46. The van der Waals surface area contributed by atoms with E-state index in [0.717, 1.165) is 5.69 Å². The SMILES string of the molecule is Cc1ccc(C(O)Cc2cccc(Cl)c2F)cn1. The van der Waals surface area contributed by atoms with E-state index in [1.165, 1.54) is 6.07 Å². The number of aliphatic hydroxyl groups excluding tert-OH is 1. The number of hydrogen-bond acceptors (Lipinski definition) is 2. The average molecular weight is 266 g/mol. The van der Waals surface area contributed by atoms with Crippen LogP contribution in [0.5, 0.6) is 0 Å². The Balaban J connectivity index is 2.18. The van der Waals surface area contributed by atoms with Crippen molar-refractivity contribution in [3.63, 3.8) is 0 Å². The number of aliphatic hydroxyl groups is 1. The van der Waals surface area contributed by atoms with Gasteiger partial charge in [-0.15, -0.1) is 0 Å². The molecule has 1 unspecified atom stereocenters. The highest BCUT2D eigenvalue weighted by atomic mass is 35.5. The quantitative estimate of drug-likeness (QED) is 0.922. The van der Waals surface area contributed by atoms with Gasteiger partial charge in [-0.2, -0.15) is 0 Å². The van der Waals surface area contributed by atoms with Gasteiger partial charge in [-0.25, -0.2) is 4.39 Å². The summed E-state index contributed by atoms with van der Waals surface area (Å²) < 4.78 is 13.7. The number of aromatic nitrogens is 1. The van der Waals surface area contributed by atoms with Crippen molar-refractivity contribution >= 4 is 11.6 Å². The van der Waals surface area contributed by atoms with Crippen LogP contribution in [0, 0.1) is 12.7 Å². The van der Waals surface area contributed by atoms with Crippen molar-refractivity contribution in [2.45, 2.75) is 19.4 Å². The number of nitrogens with zero attached hydrogens (tertiary/aromatic N) is 1. The van der Waals surface area contributed by atoms with Crippen LogP contribution in [0.4, 0.5) is 4.39 Å². The first-order valence-electron chi connectivity index (χ1n) is 5.61. The molecule has 2 rings (SSSR count). The molecule has 4 heteroatoms. The molecule has 1 atom stereocenters. The van der Waals surface area contributed by atoms with E-state index in [4.69, 9.17) is 11.6 Å². The van der Waals surface area contributed by atoms with Crippen LogP contribution in [0.15, 0.2) is 36.5 Å². The van der Waals surface area contributed by atoms with Crippen molar-refractivity contribution in [1.29, 1.82) is 0 Å². The first-order chi connectivity index (χ1) is 8.58. The van der Waals surface area contributed by atoms with Gasteiger partial charge in [0.05, 0.1) is 11.1 Å². The van der Waals surface area contributed by atoms with Gasteiger partial charge < -0.3 is 5.11 Å². The molecular formula is C14H13ClFNO. The van der Waals surface area contributed by atoms with Crippen molar-refractivity contribution in [2.24, 2.45) is 0 Å². The summed E-state index contributed by atoms with van der Waals surface area (Å²) >= 11 is 5.70. The van der Waals surface area contributed by atoms with E-state index in [-0.39, 0.29) is 11.4 Å². The fourth-order valence-electron chi connectivity index (χ4n) is 1.71. The van der Waals surface area contributed by atoms with E-state index < -0.39 is 11.9 Å². The van der Waals surface area contributed by atoms with Gasteiger partial charge in [0, 0.05) is 18.3 Å². The summed E-state index contributed by atoms with van der Waals surface area (Å²) in [6.07, 6.45) is 0.991. The summed E-state index contributed by atoms with van der Waals surface area (Å²) in [5.74, 6) is -0.474. The molecule has 18 heavy (non-hydrogen) atoms. The largest absolute Gasteiger partial charge is 0.388 e. The van der Waals surface area contributed by atoms with Crippen LogP contribution in [-0.4, -0.2) is 10.1 Å². The van der Waals surface area contributed by atoms with Gasteiger partial charge in [0.1, 0.15) is 5.82 Å². The second kappa shape index (κ2) is 5.46. The second-order valence-electron chi connectivity index (χ2n) is 4.17. The van der Waals surface area contributed by atoms with Crippen LogP contribution in [0.2, 0.25) is 5.02 Å². The molecule has 0 aliphatic rings. The molecule has 2 nitrogen and oxygen atoms in total. The molecule has 0 amide bonds. The molecule has 1 aromatic carbocycles. The third-order valence-corrected chi connectivity index (χ3v) is 3.06. The standard InChI is InChI=1S/C14H13ClFNO/c1-9-5-6-11(8-17-9)13(18)7-10-3-2-4-12(15)14(10)16/h2-6,8,13,18H,7H2,1H3. The maximum Gasteiger partial charge on any atom is 0.145 e. The lowest BCUT2D eigenvalue weighted by Crippen LogP contribution is -2.04. The summed E-state index contributed by atoms with van der Waals surface area (Å²) in [5.41, 5.74) is 1.94. The Morgan fingerprint density at radius 3 is 2.78 bits per heavy atom. The topological polar surface area (TPSA) is 33.1 Å². The van der Waals surface area contributed by atoms with Crippen LogP contribution < -0.4 is 0 Å². The molecule has 0 aliphatic carbocycles. The number of pyridine rings is 1. The maximum absolute atomic E-state index is 13.7. The summed E-state index contributed by atoms with van der Waals surface area (Å²) in [6.45, 7) is 1.87. The molecule has 0 saturated carbocycles. The highest BCUT2D eigenvalue weighted by Crippen LogP contribution is 2.23. The summed E-state index contributed by atoms with van der Waals surface area (Å²) in [7, 11) is 0. The van der Waals surface area contributed by atoms with Gasteiger partial charge in [-0.05, 0) is 30.2 Å². The number of halogens is 2. The van der Waals surface area contributed by atoms with E-state index in [9.17, 15) is 9.50 Å². The Hall–Kier alpha value is -1.45. The normalized spacial score (nSPS) is 12.4. The Bertz CT molecular complexity index is 542. The Morgan fingerprint density at radius 2 is 2.11 bits per heavy atom. The van der Waals surface area contributed by atoms with Crippen LogP contribution in [0.25, 0.3) is 0 Å². The first-order valence-corrected chi connectivity index (χ1v) is 5.99. The lowest BCUT2D eigenvalue weighted by molar-refractivity contribution is 0.176. The minimum absolute atomic E-state index is 0.0710. The zero-order chi connectivity index (χ0) is 13.1. The van der Waals surface area contributed by atoms with Crippen molar-refractivity contribution in [1.82, 2.24) is 4.98 Å². The lowest BCUT2D eigenvalue weighted by Gasteiger charge is -2.12. The molecule has 0 spiro atoms. The number of benzene rings is 1. The van der Waals surface area contributed by atoms with Crippen molar-refractivity contribution in [2.75, 3.05) is 0 Å². The molecule has 0 aliphatic heterocycles. The zero-order valence-corrected chi connectivity index (χ0v) is 10.7. The number of hydrogen-bond donors (Lipinski definition) is 1. The summed E-state index contributed by atoms with van der Waals surface area (Å²) in [5, 5.41) is 10.1. The highest BCUT2D eigenvalue weighted by molar-refractivity contribution is 6.30. The minimum atomic E-state index is -0.786. The van der Waals surface area contributed by atoms with E-state index in [0.29, 0.717) is 11.1 Å². The van der Waals surface area contributed by atoms with Crippen LogP contribution in [0.3, 0.4) is 0 Å². The summed E-state index contributed by atoms with van der Waals surface area (Å²) in [4.78, 5) is 4.10.